The number of fused-ring (bicyclic) bond motifs is 1. The van der Waals surface area contributed by atoms with E-state index in [4.69, 9.17) is 0 Å². The van der Waals surface area contributed by atoms with Crippen molar-refractivity contribution in [1.82, 2.24) is 15.0 Å². The van der Waals surface area contributed by atoms with Crippen molar-refractivity contribution in [2.24, 2.45) is 0 Å². The maximum absolute atomic E-state index is 11.7. The third-order valence-electron chi connectivity index (χ3n) is 4.95. The second-order valence-corrected chi connectivity index (χ2v) is 6.62. The fourth-order valence-electron chi connectivity index (χ4n) is 3.63. The molecule has 4 nitrogen and oxygen atoms in total. The maximum Gasteiger partial charge on any atom is 0.136 e. The van der Waals surface area contributed by atoms with E-state index < -0.39 is 5.60 Å². The monoisotopic (exact) mass is 351 g/mol. The highest BCUT2D eigenvalue weighted by Gasteiger charge is 2.37. The number of benzene rings is 3. The molecule has 27 heavy (non-hydrogen) atoms. The molecule has 0 amide bonds. The molecule has 1 aliphatic carbocycles. The highest BCUT2D eigenvalue weighted by Crippen LogP contribution is 2.44. The number of aromatic nitrogens is 3. The van der Waals surface area contributed by atoms with Gasteiger partial charge in [-0.2, -0.15) is 0 Å². The van der Waals surface area contributed by atoms with Gasteiger partial charge in [0, 0.05) is 5.57 Å². The van der Waals surface area contributed by atoms with Crippen molar-refractivity contribution in [3.05, 3.63) is 108 Å². The minimum atomic E-state index is -1.23. The van der Waals surface area contributed by atoms with Crippen molar-refractivity contribution in [2.45, 2.75) is 5.60 Å². The van der Waals surface area contributed by atoms with Gasteiger partial charge in [-0.3, -0.25) is 0 Å². The topological polar surface area (TPSA) is 50.9 Å². The largest absolute Gasteiger partial charge is 0.377 e. The number of rotatable bonds is 3. The number of aliphatic hydroxyl groups is 1. The molecule has 4 aromatic rings. The van der Waals surface area contributed by atoms with E-state index in [9.17, 15) is 5.11 Å². The summed E-state index contributed by atoms with van der Waals surface area (Å²) in [6.45, 7) is 0. The van der Waals surface area contributed by atoms with Crippen LogP contribution in [0.4, 0.5) is 0 Å². The van der Waals surface area contributed by atoms with Gasteiger partial charge in [-0.15, -0.1) is 5.10 Å². The summed E-state index contributed by atoms with van der Waals surface area (Å²) in [5.41, 5.74) is 3.91. The summed E-state index contributed by atoms with van der Waals surface area (Å²) in [6, 6.07) is 27.5. The molecule has 1 unspecified atom stereocenters. The Labute approximate surface area is 156 Å². The highest BCUT2D eigenvalue weighted by molar-refractivity contribution is 5.92. The Kier molecular flexibility index (Phi) is 3.52. The maximum atomic E-state index is 11.7. The van der Waals surface area contributed by atoms with Crippen LogP contribution in [0.3, 0.4) is 0 Å². The van der Waals surface area contributed by atoms with E-state index in [1.165, 1.54) is 0 Å². The highest BCUT2D eigenvalue weighted by atomic mass is 16.3. The van der Waals surface area contributed by atoms with Gasteiger partial charge in [0.25, 0.3) is 0 Å². The fraction of sp³-hybridized carbons (Fsp3) is 0.0435. The van der Waals surface area contributed by atoms with Gasteiger partial charge in [0.1, 0.15) is 11.1 Å². The normalized spacial score (nSPS) is 19.1. The molecular weight excluding hydrogens is 334 g/mol. The van der Waals surface area contributed by atoms with Crippen molar-refractivity contribution in [3.8, 4) is 0 Å². The summed E-state index contributed by atoms with van der Waals surface area (Å²) < 4.78 is 1.78. The Morgan fingerprint density at radius 1 is 0.778 bits per heavy atom. The first-order chi connectivity index (χ1) is 13.3. The Hall–Kier alpha value is -3.50. The Morgan fingerprint density at radius 2 is 1.44 bits per heavy atom. The van der Waals surface area contributed by atoms with Crippen LogP contribution in [0.5, 0.6) is 0 Å². The first-order valence-electron chi connectivity index (χ1n) is 8.85. The molecule has 4 heteroatoms. The van der Waals surface area contributed by atoms with E-state index in [0.717, 1.165) is 33.4 Å². The van der Waals surface area contributed by atoms with Crippen LogP contribution in [0, 0.1) is 0 Å². The predicted octanol–water partition coefficient (Wildman–Crippen LogP) is 4.26. The molecule has 1 aromatic heterocycles. The van der Waals surface area contributed by atoms with Crippen LogP contribution in [-0.4, -0.2) is 20.1 Å². The van der Waals surface area contributed by atoms with Crippen LogP contribution in [0.15, 0.2) is 97.1 Å². The Morgan fingerprint density at radius 3 is 2.22 bits per heavy atom. The average molecular weight is 351 g/mol. The summed E-state index contributed by atoms with van der Waals surface area (Å²) in [4.78, 5) is 0. The van der Waals surface area contributed by atoms with Gasteiger partial charge in [0.2, 0.25) is 0 Å². The van der Waals surface area contributed by atoms with E-state index in [1.807, 2.05) is 97.1 Å². The molecule has 0 bridgehead atoms. The Bertz CT molecular complexity index is 1180. The molecule has 0 fully saturated rings. The van der Waals surface area contributed by atoms with Gasteiger partial charge >= 0.3 is 0 Å². The predicted molar refractivity (Wildman–Crippen MR) is 107 cm³/mol. The summed E-state index contributed by atoms with van der Waals surface area (Å²) in [7, 11) is 0. The number of para-hydroxylation sites is 1. The van der Waals surface area contributed by atoms with Crippen molar-refractivity contribution >= 4 is 22.3 Å². The van der Waals surface area contributed by atoms with Crippen LogP contribution in [-0.2, 0) is 5.60 Å². The molecule has 5 rings (SSSR count). The van der Waals surface area contributed by atoms with Gasteiger partial charge in [0.15, 0.2) is 0 Å². The third-order valence-corrected chi connectivity index (χ3v) is 4.95. The molecular formula is C23H17N3O. The van der Waals surface area contributed by atoms with E-state index in [2.05, 4.69) is 10.3 Å². The number of hydrogen-bond acceptors (Lipinski definition) is 3. The first-order valence-corrected chi connectivity index (χ1v) is 8.85. The lowest BCUT2D eigenvalue weighted by Crippen LogP contribution is -2.23. The van der Waals surface area contributed by atoms with E-state index in [1.54, 1.807) is 4.68 Å². The lowest BCUT2D eigenvalue weighted by molar-refractivity contribution is 0.156. The van der Waals surface area contributed by atoms with Crippen molar-refractivity contribution in [3.63, 3.8) is 0 Å². The third kappa shape index (κ3) is 2.50. The van der Waals surface area contributed by atoms with Crippen LogP contribution < -0.4 is 0 Å². The van der Waals surface area contributed by atoms with Crippen molar-refractivity contribution < 1.29 is 5.11 Å². The van der Waals surface area contributed by atoms with Gasteiger partial charge in [-0.25, -0.2) is 4.68 Å². The zero-order valence-electron chi connectivity index (χ0n) is 14.5. The minimum Gasteiger partial charge on any atom is -0.377 e. The molecule has 130 valence electrons. The smallest absolute Gasteiger partial charge is 0.136 e. The molecule has 3 aromatic carbocycles. The second kappa shape index (κ2) is 6.04. The fourth-order valence-corrected chi connectivity index (χ4v) is 3.63. The molecule has 0 saturated heterocycles. The van der Waals surface area contributed by atoms with Crippen LogP contribution >= 0.6 is 0 Å². The van der Waals surface area contributed by atoms with Crippen LogP contribution in [0.2, 0.25) is 0 Å². The van der Waals surface area contributed by atoms with E-state index >= 15 is 0 Å². The standard InChI is InChI=1S/C23H17N3O/c27-23(18-11-5-2-6-12-18)16-19(15-20(23)17-9-3-1-4-10-17)26-22-14-8-7-13-21(22)24-25-26/h1-16,27H. The molecule has 0 spiro atoms. The van der Waals surface area contributed by atoms with Gasteiger partial charge in [-0.05, 0) is 35.4 Å². The second-order valence-electron chi connectivity index (χ2n) is 6.62. The number of nitrogens with zero attached hydrogens (tertiary/aromatic N) is 3. The van der Waals surface area contributed by atoms with Crippen molar-refractivity contribution in [1.29, 1.82) is 0 Å². The molecule has 0 aliphatic heterocycles. The van der Waals surface area contributed by atoms with Gasteiger partial charge in [-0.1, -0.05) is 78.0 Å². The van der Waals surface area contributed by atoms with Gasteiger partial charge in [0.05, 0.1) is 11.2 Å². The van der Waals surface area contributed by atoms with Crippen molar-refractivity contribution in [2.75, 3.05) is 0 Å². The summed E-state index contributed by atoms with van der Waals surface area (Å²) >= 11 is 0. The SMILES string of the molecule is OC1(c2ccccc2)C=C(n2nnc3ccccc32)C=C1c1ccccc1. The average Bonchev–Trinajstić information content (AvgIpc) is 3.31. The summed E-state index contributed by atoms with van der Waals surface area (Å²) in [6.07, 6.45) is 3.84. The summed E-state index contributed by atoms with van der Waals surface area (Å²) in [5, 5.41) is 20.3. The lowest BCUT2D eigenvalue weighted by atomic mass is 9.85. The van der Waals surface area contributed by atoms with Crippen LogP contribution in [0.1, 0.15) is 11.1 Å². The molecule has 1 heterocycles. The van der Waals surface area contributed by atoms with Gasteiger partial charge < -0.3 is 5.11 Å². The van der Waals surface area contributed by atoms with Crippen LogP contribution in [0.25, 0.3) is 22.3 Å². The molecule has 1 N–H and O–H groups in total. The quantitative estimate of drug-likeness (QED) is 0.600. The Balaban J connectivity index is 1.73. The minimum absolute atomic E-state index is 0.800. The number of allylic oxidation sites excluding steroid dienone is 2. The first kappa shape index (κ1) is 15.7. The number of hydrogen-bond donors (Lipinski definition) is 1. The molecule has 1 atom stereocenters. The molecule has 0 saturated carbocycles. The lowest BCUT2D eigenvalue weighted by Gasteiger charge is -2.25. The zero-order valence-corrected chi connectivity index (χ0v) is 14.5. The molecule has 1 aliphatic rings. The summed E-state index contributed by atoms with van der Waals surface area (Å²) in [5.74, 6) is 0. The van der Waals surface area contributed by atoms with E-state index in [-0.39, 0.29) is 0 Å². The van der Waals surface area contributed by atoms with E-state index in [0.29, 0.717) is 0 Å². The molecule has 0 radical (unpaired) electrons. The zero-order chi connectivity index (χ0) is 18.3.